The maximum Gasteiger partial charge on any atom is 0.411 e. The standard InChI is InChI=1S/C14H21F3N2O/c1-10(2)11-3-5-12(6-4-11)13(19-18)7-8-20-9-14(15,16)17/h3-6,10,13,19H,7-9,18H2,1-2H3. The SMILES string of the molecule is CC(C)c1ccc(C(CCOCC(F)(F)F)NN)cc1. The number of nitrogens with one attached hydrogen (secondary N) is 1. The van der Waals surface area contributed by atoms with Crippen LogP contribution in [0.3, 0.4) is 0 Å². The zero-order valence-corrected chi connectivity index (χ0v) is 11.7. The first-order valence-corrected chi connectivity index (χ1v) is 6.54. The lowest BCUT2D eigenvalue weighted by molar-refractivity contribution is -0.174. The normalized spacial score (nSPS) is 13.8. The number of benzene rings is 1. The van der Waals surface area contributed by atoms with E-state index in [4.69, 9.17) is 5.84 Å². The minimum atomic E-state index is -4.29. The third kappa shape index (κ3) is 5.90. The molecule has 0 aliphatic heterocycles. The van der Waals surface area contributed by atoms with Gasteiger partial charge in [-0.15, -0.1) is 0 Å². The Labute approximate surface area is 117 Å². The van der Waals surface area contributed by atoms with Crippen molar-refractivity contribution in [3.05, 3.63) is 35.4 Å². The van der Waals surface area contributed by atoms with Crippen LogP contribution in [0.5, 0.6) is 0 Å². The van der Waals surface area contributed by atoms with Crippen molar-refractivity contribution >= 4 is 0 Å². The first kappa shape index (κ1) is 16.9. The molecule has 1 unspecified atom stereocenters. The van der Waals surface area contributed by atoms with Crippen molar-refractivity contribution < 1.29 is 17.9 Å². The highest BCUT2D eigenvalue weighted by Gasteiger charge is 2.27. The van der Waals surface area contributed by atoms with Crippen molar-refractivity contribution in [1.82, 2.24) is 5.43 Å². The van der Waals surface area contributed by atoms with Crippen molar-refractivity contribution in [3.63, 3.8) is 0 Å². The van der Waals surface area contributed by atoms with Crippen molar-refractivity contribution in [1.29, 1.82) is 0 Å². The maximum absolute atomic E-state index is 11.9. The lowest BCUT2D eigenvalue weighted by Crippen LogP contribution is -2.29. The molecule has 0 aliphatic carbocycles. The summed E-state index contributed by atoms with van der Waals surface area (Å²) in [6.07, 6.45) is -3.90. The fourth-order valence-electron chi connectivity index (χ4n) is 1.85. The van der Waals surface area contributed by atoms with Crippen LogP contribution in [0.1, 0.15) is 43.4 Å². The fraction of sp³-hybridized carbons (Fsp3) is 0.571. The molecule has 0 fully saturated rings. The maximum atomic E-state index is 11.9. The van der Waals surface area contributed by atoms with Crippen LogP contribution in [0, 0.1) is 0 Å². The Bertz CT molecular complexity index is 390. The molecule has 0 saturated heterocycles. The van der Waals surface area contributed by atoms with Gasteiger partial charge in [-0.05, 0) is 23.5 Å². The highest BCUT2D eigenvalue weighted by atomic mass is 19.4. The predicted molar refractivity (Wildman–Crippen MR) is 72.1 cm³/mol. The second kappa shape index (κ2) is 7.61. The predicted octanol–water partition coefficient (Wildman–Crippen LogP) is 3.28. The Morgan fingerprint density at radius 2 is 1.70 bits per heavy atom. The van der Waals surface area contributed by atoms with Crippen molar-refractivity contribution in [3.8, 4) is 0 Å². The summed E-state index contributed by atoms with van der Waals surface area (Å²) < 4.78 is 40.4. The van der Waals surface area contributed by atoms with Gasteiger partial charge >= 0.3 is 6.18 Å². The van der Waals surface area contributed by atoms with Crippen molar-refractivity contribution in [2.75, 3.05) is 13.2 Å². The second-order valence-electron chi connectivity index (χ2n) is 5.00. The minimum absolute atomic E-state index is 0.000306. The molecule has 1 aromatic rings. The van der Waals surface area contributed by atoms with Gasteiger partial charge in [0.15, 0.2) is 0 Å². The van der Waals surface area contributed by atoms with E-state index in [1.807, 2.05) is 24.3 Å². The summed E-state index contributed by atoms with van der Waals surface area (Å²) in [5.74, 6) is 5.88. The van der Waals surface area contributed by atoms with Crippen LogP contribution < -0.4 is 11.3 Å². The first-order valence-electron chi connectivity index (χ1n) is 6.54. The zero-order valence-electron chi connectivity index (χ0n) is 11.7. The quantitative estimate of drug-likeness (QED) is 0.460. The molecular weight excluding hydrogens is 269 g/mol. The van der Waals surface area contributed by atoms with Gasteiger partial charge in [-0.25, -0.2) is 0 Å². The summed E-state index contributed by atoms with van der Waals surface area (Å²) in [7, 11) is 0. The van der Waals surface area contributed by atoms with Crippen LogP contribution in [0.2, 0.25) is 0 Å². The summed E-state index contributed by atoms with van der Waals surface area (Å²) in [6.45, 7) is 2.97. The lowest BCUT2D eigenvalue weighted by atomic mass is 9.98. The summed E-state index contributed by atoms with van der Waals surface area (Å²) in [4.78, 5) is 0. The van der Waals surface area contributed by atoms with Gasteiger partial charge in [0.1, 0.15) is 6.61 Å². The number of hydrogen-bond acceptors (Lipinski definition) is 3. The Balaban J connectivity index is 2.49. The number of hydrazine groups is 1. The van der Waals surface area contributed by atoms with Gasteiger partial charge in [0.2, 0.25) is 0 Å². The van der Waals surface area contributed by atoms with Crippen LogP contribution in [-0.2, 0) is 4.74 Å². The molecule has 1 rings (SSSR count). The minimum Gasteiger partial charge on any atom is -0.372 e. The summed E-state index contributed by atoms with van der Waals surface area (Å²) in [5, 5.41) is 0. The molecule has 1 atom stereocenters. The van der Waals surface area contributed by atoms with E-state index in [0.29, 0.717) is 12.3 Å². The monoisotopic (exact) mass is 290 g/mol. The van der Waals surface area contributed by atoms with Gasteiger partial charge < -0.3 is 4.74 Å². The molecule has 0 amide bonds. The van der Waals surface area contributed by atoms with Gasteiger partial charge in [-0.2, -0.15) is 13.2 Å². The molecule has 20 heavy (non-hydrogen) atoms. The Kier molecular flexibility index (Phi) is 6.45. The molecule has 0 spiro atoms. The van der Waals surface area contributed by atoms with E-state index in [0.717, 1.165) is 5.56 Å². The van der Waals surface area contributed by atoms with Gasteiger partial charge in [0.05, 0.1) is 0 Å². The van der Waals surface area contributed by atoms with Crippen LogP contribution >= 0.6 is 0 Å². The third-order valence-electron chi connectivity index (χ3n) is 3.02. The first-order chi connectivity index (χ1) is 9.33. The fourth-order valence-corrected chi connectivity index (χ4v) is 1.85. The smallest absolute Gasteiger partial charge is 0.372 e. The second-order valence-corrected chi connectivity index (χ2v) is 5.00. The topological polar surface area (TPSA) is 47.3 Å². The summed E-state index contributed by atoms with van der Waals surface area (Å²) in [5.41, 5.74) is 4.75. The molecule has 114 valence electrons. The highest BCUT2D eigenvalue weighted by molar-refractivity contribution is 5.26. The van der Waals surface area contributed by atoms with E-state index in [9.17, 15) is 13.2 Å². The molecule has 0 aromatic heterocycles. The molecule has 0 radical (unpaired) electrons. The molecule has 1 aromatic carbocycles. The number of alkyl halides is 3. The van der Waals surface area contributed by atoms with E-state index in [2.05, 4.69) is 24.0 Å². The van der Waals surface area contributed by atoms with Crippen LogP contribution in [-0.4, -0.2) is 19.4 Å². The summed E-state index contributed by atoms with van der Waals surface area (Å²) >= 11 is 0. The molecule has 3 N–H and O–H groups in total. The molecule has 0 aliphatic rings. The average molecular weight is 290 g/mol. The van der Waals surface area contributed by atoms with E-state index in [1.165, 1.54) is 5.56 Å². The van der Waals surface area contributed by atoms with Gasteiger partial charge in [0, 0.05) is 12.6 Å². The Morgan fingerprint density at radius 1 is 1.15 bits per heavy atom. The number of ether oxygens (including phenoxy) is 1. The van der Waals surface area contributed by atoms with Crippen LogP contribution in [0.4, 0.5) is 13.2 Å². The highest BCUT2D eigenvalue weighted by Crippen LogP contribution is 2.21. The molecule has 0 heterocycles. The average Bonchev–Trinajstić information content (AvgIpc) is 2.38. The largest absolute Gasteiger partial charge is 0.411 e. The Hall–Kier alpha value is -1.11. The van der Waals surface area contributed by atoms with E-state index in [-0.39, 0.29) is 12.6 Å². The third-order valence-corrected chi connectivity index (χ3v) is 3.02. The molecule has 6 heteroatoms. The molecule has 3 nitrogen and oxygen atoms in total. The number of halogens is 3. The van der Waals surface area contributed by atoms with Crippen LogP contribution in [0.25, 0.3) is 0 Å². The van der Waals surface area contributed by atoms with Gasteiger partial charge in [-0.3, -0.25) is 11.3 Å². The van der Waals surface area contributed by atoms with Gasteiger partial charge in [0.25, 0.3) is 0 Å². The van der Waals surface area contributed by atoms with Crippen molar-refractivity contribution in [2.24, 2.45) is 5.84 Å². The summed E-state index contributed by atoms with van der Waals surface area (Å²) in [6, 6.07) is 7.65. The molecule has 0 saturated carbocycles. The van der Waals surface area contributed by atoms with Crippen LogP contribution in [0.15, 0.2) is 24.3 Å². The van der Waals surface area contributed by atoms with E-state index >= 15 is 0 Å². The Morgan fingerprint density at radius 3 is 2.15 bits per heavy atom. The lowest BCUT2D eigenvalue weighted by Gasteiger charge is -2.17. The molecular formula is C14H21F3N2O. The van der Waals surface area contributed by atoms with Crippen molar-refractivity contribution in [2.45, 2.75) is 38.4 Å². The van der Waals surface area contributed by atoms with Gasteiger partial charge in [-0.1, -0.05) is 38.1 Å². The van der Waals surface area contributed by atoms with E-state index in [1.54, 1.807) is 0 Å². The number of hydrogen-bond donors (Lipinski definition) is 2. The number of nitrogens with two attached hydrogens (primary N) is 1. The zero-order chi connectivity index (χ0) is 15.2. The molecule has 0 bridgehead atoms. The number of rotatable bonds is 7. The van der Waals surface area contributed by atoms with E-state index < -0.39 is 12.8 Å².